The number of aryl methyl sites for hydroxylation is 1. The zero-order chi connectivity index (χ0) is 19.5. The third-order valence-corrected chi connectivity index (χ3v) is 4.66. The van der Waals surface area contributed by atoms with Crippen molar-refractivity contribution >= 4 is 11.6 Å². The molecule has 1 amide bonds. The monoisotopic (exact) mass is 378 g/mol. The van der Waals surface area contributed by atoms with Gasteiger partial charge in [0.1, 0.15) is 17.7 Å². The molecule has 0 bridgehead atoms. The number of imidazole rings is 1. The Labute approximate surface area is 161 Å². The number of rotatable bonds is 5. The zero-order valence-electron chi connectivity index (χ0n) is 15.2. The van der Waals surface area contributed by atoms with Gasteiger partial charge in [-0.25, -0.2) is 9.37 Å². The summed E-state index contributed by atoms with van der Waals surface area (Å²) in [5.41, 5.74) is 2.07. The fourth-order valence-corrected chi connectivity index (χ4v) is 3.19. The summed E-state index contributed by atoms with van der Waals surface area (Å²) in [5, 5.41) is 6.99. The van der Waals surface area contributed by atoms with Crippen LogP contribution < -0.4 is 5.32 Å². The maximum absolute atomic E-state index is 13.4. The highest BCUT2D eigenvalue weighted by atomic mass is 19.1. The lowest BCUT2D eigenvalue weighted by atomic mass is 10.0. The molecule has 4 rings (SSSR count). The van der Waals surface area contributed by atoms with E-state index in [0.29, 0.717) is 17.1 Å². The highest BCUT2D eigenvalue weighted by Crippen LogP contribution is 2.23. The average molecular weight is 378 g/mol. The molecule has 0 saturated carbocycles. The fourth-order valence-electron chi connectivity index (χ4n) is 3.19. The van der Waals surface area contributed by atoms with Crippen LogP contribution in [0.1, 0.15) is 29.4 Å². The molecule has 2 heterocycles. The first-order chi connectivity index (χ1) is 13.6. The van der Waals surface area contributed by atoms with Gasteiger partial charge >= 0.3 is 0 Å². The van der Waals surface area contributed by atoms with Crippen LogP contribution in [0.2, 0.25) is 0 Å². The van der Waals surface area contributed by atoms with Crippen LogP contribution in [0, 0.1) is 5.82 Å². The van der Waals surface area contributed by atoms with Crippen LogP contribution in [0.5, 0.6) is 0 Å². The van der Waals surface area contributed by atoms with E-state index in [9.17, 15) is 9.18 Å². The van der Waals surface area contributed by atoms with Crippen molar-refractivity contribution in [1.82, 2.24) is 14.9 Å². The van der Waals surface area contributed by atoms with E-state index in [1.807, 2.05) is 48.1 Å². The van der Waals surface area contributed by atoms with Gasteiger partial charge in [0.2, 0.25) is 6.10 Å². The Morgan fingerprint density at radius 2 is 2.07 bits per heavy atom. The molecule has 3 aromatic rings. The van der Waals surface area contributed by atoms with Crippen LogP contribution in [0.3, 0.4) is 0 Å². The molecule has 1 aliphatic heterocycles. The smallest absolute Gasteiger partial charge is 0.265 e. The molecule has 0 aliphatic carbocycles. The number of halogens is 1. The third-order valence-electron chi connectivity index (χ3n) is 4.66. The number of hydrogen-bond donors (Lipinski definition) is 1. The summed E-state index contributed by atoms with van der Waals surface area (Å²) in [6.45, 7) is 0. The minimum absolute atomic E-state index is 0.275. The van der Waals surface area contributed by atoms with Crippen molar-refractivity contribution in [2.75, 3.05) is 0 Å². The van der Waals surface area contributed by atoms with Gasteiger partial charge in [0.25, 0.3) is 5.91 Å². The first kappa shape index (κ1) is 17.9. The van der Waals surface area contributed by atoms with Gasteiger partial charge in [-0.05, 0) is 17.7 Å². The van der Waals surface area contributed by atoms with E-state index in [1.54, 1.807) is 18.3 Å². The van der Waals surface area contributed by atoms with E-state index in [4.69, 9.17) is 4.84 Å². The SMILES string of the molecule is Cn1ccnc1C(NC(=O)C1CC(c2cccc(F)c2)=NO1)c1ccccc1. The Balaban J connectivity index is 1.51. The largest absolute Gasteiger partial charge is 0.382 e. The number of nitrogens with one attached hydrogen (secondary N) is 1. The Kier molecular flexibility index (Phi) is 4.89. The molecule has 2 aromatic carbocycles. The van der Waals surface area contributed by atoms with E-state index in [0.717, 1.165) is 5.56 Å². The normalized spacial score (nSPS) is 16.9. The maximum Gasteiger partial charge on any atom is 0.265 e. The van der Waals surface area contributed by atoms with Crippen molar-refractivity contribution in [2.24, 2.45) is 12.2 Å². The first-order valence-corrected chi connectivity index (χ1v) is 8.93. The van der Waals surface area contributed by atoms with Gasteiger partial charge in [0, 0.05) is 31.4 Å². The van der Waals surface area contributed by atoms with Crippen LogP contribution >= 0.6 is 0 Å². The van der Waals surface area contributed by atoms with Crippen LogP contribution in [0.4, 0.5) is 4.39 Å². The van der Waals surface area contributed by atoms with Gasteiger partial charge in [-0.3, -0.25) is 4.79 Å². The summed E-state index contributed by atoms with van der Waals surface area (Å²) < 4.78 is 15.3. The summed E-state index contributed by atoms with van der Waals surface area (Å²) in [6, 6.07) is 15.3. The van der Waals surface area contributed by atoms with Crippen molar-refractivity contribution < 1.29 is 14.0 Å². The predicted octanol–water partition coefficient (Wildman–Crippen LogP) is 2.96. The van der Waals surface area contributed by atoms with Crippen LogP contribution in [-0.2, 0) is 16.7 Å². The van der Waals surface area contributed by atoms with Crippen molar-refractivity contribution in [2.45, 2.75) is 18.6 Å². The molecule has 0 saturated heterocycles. The first-order valence-electron chi connectivity index (χ1n) is 8.93. The molecule has 1 N–H and O–H groups in total. The number of benzene rings is 2. The molecule has 1 aromatic heterocycles. The molecule has 142 valence electrons. The van der Waals surface area contributed by atoms with E-state index >= 15 is 0 Å². The maximum atomic E-state index is 13.4. The molecule has 0 fully saturated rings. The van der Waals surface area contributed by atoms with Crippen LogP contribution in [0.25, 0.3) is 0 Å². The van der Waals surface area contributed by atoms with E-state index in [1.165, 1.54) is 12.1 Å². The topological polar surface area (TPSA) is 68.5 Å². The number of carbonyl (C=O) groups is 1. The minimum Gasteiger partial charge on any atom is -0.382 e. The van der Waals surface area contributed by atoms with E-state index < -0.39 is 12.1 Å². The van der Waals surface area contributed by atoms with Crippen LogP contribution in [0.15, 0.2) is 72.1 Å². The quantitative estimate of drug-likeness (QED) is 0.742. The van der Waals surface area contributed by atoms with Crippen LogP contribution in [-0.4, -0.2) is 27.3 Å². The molecule has 28 heavy (non-hydrogen) atoms. The van der Waals surface area contributed by atoms with E-state index in [2.05, 4.69) is 15.5 Å². The Hall–Kier alpha value is -3.48. The molecule has 7 heteroatoms. The average Bonchev–Trinajstić information content (AvgIpc) is 3.36. The fraction of sp³-hybridized carbons (Fsp3) is 0.190. The number of hydrogen-bond acceptors (Lipinski definition) is 4. The highest BCUT2D eigenvalue weighted by molar-refractivity contribution is 6.04. The number of nitrogens with zero attached hydrogens (tertiary/aromatic N) is 3. The van der Waals surface area contributed by atoms with Crippen molar-refractivity contribution in [1.29, 1.82) is 0 Å². The summed E-state index contributed by atoms with van der Waals surface area (Å²) in [7, 11) is 1.88. The zero-order valence-corrected chi connectivity index (χ0v) is 15.2. The van der Waals surface area contributed by atoms with Gasteiger partial charge in [0.15, 0.2) is 0 Å². The van der Waals surface area contributed by atoms with Gasteiger partial charge in [0.05, 0.1) is 5.71 Å². The van der Waals surface area contributed by atoms with Gasteiger partial charge in [-0.1, -0.05) is 47.6 Å². The summed E-state index contributed by atoms with van der Waals surface area (Å²) in [6.07, 6.45) is 3.02. The summed E-state index contributed by atoms with van der Waals surface area (Å²) in [4.78, 5) is 22.6. The molecule has 6 nitrogen and oxygen atoms in total. The Morgan fingerprint density at radius 3 is 2.79 bits per heavy atom. The molecule has 2 atom stereocenters. The van der Waals surface area contributed by atoms with Crippen molar-refractivity contribution in [3.8, 4) is 0 Å². The molecule has 0 radical (unpaired) electrons. The van der Waals surface area contributed by atoms with Crippen molar-refractivity contribution in [3.63, 3.8) is 0 Å². The standard InChI is InChI=1S/C21H19FN4O2/c1-26-11-10-23-20(26)19(14-6-3-2-4-7-14)24-21(27)18-13-17(25-28-18)15-8-5-9-16(22)12-15/h2-12,18-19H,13H2,1H3,(H,24,27). The molecule has 1 aliphatic rings. The number of amides is 1. The third kappa shape index (κ3) is 3.64. The second kappa shape index (κ2) is 7.64. The van der Waals surface area contributed by atoms with Gasteiger partial charge in [-0.2, -0.15) is 0 Å². The predicted molar refractivity (Wildman–Crippen MR) is 102 cm³/mol. The van der Waals surface area contributed by atoms with E-state index in [-0.39, 0.29) is 18.1 Å². The Morgan fingerprint density at radius 1 is 1.25 bits per heavy atom. The molecule has 2 unspecified atom stereocenters. The molecular formula is C21H19FN4O2. The minimum atomic E-state index is -0.773. The molecule has 0 spiro atoms. The molecular weight excluding hydrogens is 359 g/mol. The van der Waals surface area contributed by atoms with Crippen molar-refractivity contribution in [3.05, 3.63) is 89.8 Å². The number of oxime groups is 1. The Bertz CT molecular complexity index is 1020. The lowest BCUT2D eigenvalue weighted by molar-refractivity contribution is -0.131. The number of aromatic nitrogens is 2. The second-order valence-electron chi connectivity index (χ2n) is 6.60. The second-order valence-corrected chi connectivity index (χ2v) is 6.60. The van der Waals surface area contributed by atoms with Gasteiger partial charge < -0.3 is 14.7 Å². The lowest BCUT2D eigenvalue weighted by Crippen LogP contribution is -2.38. The summed E-state index contributed by atoms with van der Waals surface area (Å²) >= 11 is 0. The summed E-state index contributed by atoms with van der Waals surface area (Å²) in [5.74, 6) is 0.0582. The number of carbonyl (C=O) groups excluding carboxylic acids is 1. The highest BCUT2D eigenvalue weighted by Gasteiger charge is 2.32. The lowest BCUT2D eigenvalue weighted by Gasteiger charge is -2.20. The van der Waals surface area contributed by atoms with Gasteiger partial charge in [-0.15, -0.1) is 0 Å².